The summed E-state index contributed by atoms with van der Waals surface area (Å²) >= 11 is 0. The molecule has 0 bridgehead atoms. The zero-order valence-electron chi connectivity index (χ0n) is 17.6. The highest BCUT2D eigenvalue weighted by atomic mass is 16.5. The van der Waals surface area contributed by atoms with Gasteiger partial charge in [-0.25, -0.2) is 0 Å². The minimum absolute atomic E-state index is 0.833. The lowest BCUT2D eigenvalue weighted by Crippen LogP contribution is -1.74. The van der Waals surface area contributed by atoms with Crippen molar-refractivity contribution < 1.29 is 4.74 Å². The van der Waals surface area contributed by atoms with Crippen molar-refractivity contribution in [3.8, 4) is 0 Å². The fourth-order valence-electron chi connectivity index (χ4n) is 1.92. The van der Waals surface area contributed by atoms with Gasteiger partial charge in [-0.05, 0) is 30.6 Å². The molecule has 3 fully saturated rings. The summed E-state index contributed by atoms with van der Waals surface area (Å²) in [6, 6.07) is 0. The fourth-order valence-corrected chi connectivity index (χ4v) is 1.92. The van der Waals surface area contributed by atoms with E-state index in [0.29, 0.717) is 0 Å². The molecule has 0 atom stereocenters. The maximum atomic E-state index is 4.94. The van der Waals surface area contributed by atoms with Crippen molar-refractivity contribution in [2.75, 3.05) is 13.2 Å². The molecule has 0 amide bonds. The zero-order valence-corrected chi connectivity index (χ0v) is 17.6. The van der Waals surface area contributed by atoms with Crippen LogP contribution in [0, 0.1) is 17.8 Å². The number of hydrogen-bond acceptors (Lipinski definition) is 1. The molecule has 2 aliphatic carbocycles. The topological polar surface area (TPSA) is 9.23 Å². The van der Waals surface area contributed by atoms with E-state index in [1.165, 1.54) is 64.2 Å². The molecule has 3 rings (SSSR count). The highest BCUT2D eigenvalue weighted by Crippen LogP contribution is 2.31. The van der Waals surface area contributed by atoms with Crippen molar-refractivity contribution in [3.05, 3.63) is 0 Å². The molecule has 142 valence electrons. The molecule has 0 unspecified atom stereocenters. The average molecular weight is 329 g/mol. The number of rotatable bonds is 1. The second-order valence-electron chi connectivity index (χ2n) is 8.40. The molecule has 23 heavy (non-hydrogen) atoms. The predicted molar refractivity (Wildman–Crippen MR) is 107 cm³/mol. The van der Waals surface area contributed by atoms with Crippen LogP contribution < -0.4 is 0 Å². The quantitative estimate of drug-likeness (QED) is 0.475. The van der Waals surface area contributed by atoms with E-state index in [0.717, 1.165) is 31.0 Å². The van der Waals surface area contributed by atoms with Crippen LogP contribution in [0.1, 0.15) is 113 Å². The molecule has 1 saturated heterocycles. The summed E-state index contributed by atoms with van der Waals surface area (Å²) < 4.78 is 4.94. The van der Waals surface area contributed by atoms with Gasteiger partial charge >= 0.3 is 0 Å². The van der Waals surface area contributed by atoms with Gasteiger partial charge in [0.1, 0.15) is 0 Å². The third kappa shape index (κ3) is 39.1. The van der Waals surface area contributed by atoms with Crippen molar-refractivity contribution in [1.82, 2.24) is 0 Å². The van der Waals surface area contributed by atoms with Gasteiger partial charge in [-0.2, -0.15) is 0 Å². The van der Waals surface area contributed by atoms with Crippen LogP contribution in [0.15, 0.2) is 0 Å². The molecule has 0 aromatic rings. The van der Waals surface area contributed by atoms with Crippen molar-refractivity contribution in [1.29, 1.82) is 0 Å². The van der Waals surface area contributed by atoms with Gasteiger partial charge in [0.25, 0.3) is 0 Å². The molecule has 1 heterocycles. The van der Waals surface area contributed by atoms with Crippen LogP contribution in [0.5, 0.6) is 0 Å². The summed E-state index contributed by atoms with van der Waals surface area (Å²) in [5.41, 5.74) is 0. The van der Waals surface area contributed by atoms with Gasteiger partial charge in [-0.3, -0.25) is 0 Å². The second kappa shape index (κ2) is 20.0. The Morgan fingerprint density at radius 3 is 1.04 bits per heavy atom. The Bertz CT molecular complexity index is 149. The largest absolute Gasteiger partial charge is 0.381 e. The van der Waals surface area contributed by atoms with Crippen LogP contribution in [-0.4, -0.2) is 13.2 Å². The minimum Gasteiger partial charge on any atom is -0.381 e. The molecular weight excluding hydrogens is 280 g/mol. The van der Waals surface area contributed by atoms with Crippen LogP contribution in [0.4, 0.5) is 0 Å². The fraction of sp³-hybridized carbons (Fsp3) is 1.00. The van der Waals surface area contributed by atoms with Gasteiger partial charge in [-0.1, -0.05) is 99.8 Å². The summed E-state index contributed by atoms with van der Waals surface area (Å²) in [6.07, 6.45) is 14.5. The first kappa shape index (κ1) is 25.2. The lowest BCUT2D eigenvalue weighted by atomic mass is 10.3. The molecule has 2 saturated carbocycles. The summed E-state index contributed by atoms with van der Waals surface area (Å²) in [7, 11) is 0. The van der Waals surface area contributed by atoms with Gasteiger partial charge < -0.3 is 4.74 Å². The highest BCUT2D eigenvalue weighted by molar-refractivity contribution is 4.69. The molecule has 1 heteroatoms. The van der Waals surface area contributed by atoms with Gasteiger partial charge in [0, 0.05) is 13.2 Å². The van der Waals surface area contributed by atoms with E-state index in [1.54, 1.807) is 0 Å². The normalized spacial score (nSPS) is 18.7. The van der Waals surface area contributed by atoms with Crippen LogP contribution in [0.2, 0.25) is 0 Å². The SMILES string of the molecule is C1CCCC1.C1CCOC1.CC(C)C.CC(C)C.CCC1CC1. The Balaban J connectivity index is 0. The monoisotopic (exact) mass is 328 g/mol. The van der Waals surface area contributed by atoms with Crippen LogP contribution in [0.25, 0.3) is 0 Å². The third-order valence-electron chi connectivity index (χ3n) is 3.35. The molecule has 0 aromatic carbocycles. The first-order valence-electron chi connectivity index (χ1n) is 10.5. The van der Waals surface area contributed by atoms with Crippen molar-refractivity contribution in [2.24, 2.45) is 17.8 Å². The Kier molecular flexibility index (Phi) is 21.9. The van der Waals surface area contributed by atoms with E-state index < -0.39 is 0 Å². The maximum Gasteiger partial charge on any atom is 0.0466 e. The van der Waals surface area contributed by atoms with Crippen molar-refractivity contribution >= 4 is 0 Å². The molecule has 3 aliphatic rings. The van der Waals surface area contributed by atoms with Gasteiger partial charge in [-0.15, -0.1) is 0 Å². The van der Waals surface area contributed by atoms with E-state index in [4.69, 9.17) is 4.74 Å². The van der Waals surface area contributed by atoms with Crippen LogP contribution in [-0.2, 0) is 4.74 Å². The molecule has 1 aliphatic heterocycles. The van der Waals surface area contributed by atoms with Crippen LogP contribution in [0.3, 0.4) is 0 Å². The van der Waals surface area contributed by atoms with Gasteiger partial charge in [0.2, 0.25) is 0 Å². The Hall–Kier alpha value is -0.0400. The predicted octanol–water partition coefficient (Wildman–Crippen LogP) is 7.88. The highest BCUT2D eigenvalue weighted by Gasteiger charge is 2.17. The molecule has 0 N–H and O–H groups in total. The maximum absolute atomic E-state index is 4.94. The van der Waals surface area contributed by atoms with E-state index in [-0.39, 0.29) is 0 Å². The van der Waals surface area contributed by atoms with Crippen LogP contribution >= 0.6 is 0 Å². The number of ether oxygens (including phenoxy) is 1. The first-order valence-corrected chi connectivity index (χ1v) is 10.5. The third-order valence-corrected chi connectivity index (χ3v) is 3.35. The summed E-state index contributed by atoms with van der Waals surface area (Å²) in [5, 5.41) is 0. The second-order valence-corrected chi connectivity index (χ2v) is 8.40. The smallest absolute Gasteiger partial charge is 0.0466 e. The Labute approximate surface area is 149 Å². The van der Waals surface area contributed by atoms with E-state index in [1.807, 2.05) is 0 Å². The molecular formula is C22H48O. The molecule has 0 aromatic heterocycles. The van der Waals surface area contributed by atoms with E-state index in [2.05, 4.69) is 48.5 Å². The Morgan fingerprint density at radius 1 is 0.652 bits per heavy atom. The average Bonchev–Trinajstić information content (AvgIpc) is 2.95. The van der Waals surface area contributed by atoms with E-state index in [9.17, 15) is 0 Å². The number of hydrogen-bond donors (Lipinski definition) is 0. The summed E-state index contributed by atoms with van der Waals surface area (Å²) in [6.45, 7) is 17.3. The van der Waals surface area contributed by atoms with E-state index >= 15 is 0 Å². The zero-order chi connectivity index (χ0) is 17.9. The van der Waals surface area contributed by atoms with Gasteiger partial charge in [0.15, 0.2) is 0 Å². The van der Waals surface area contributed by atoms with Crippen molar-refractivity contribution in [2.45, 2.75) is 113 Å². The lowest BCUT2D eigenvalue weighted by Gasteiger charge is -1.79. The summed E-state index contributed by atoms with van der Waals surface area (Å²) in [5.74, 6) is 2.80. The molecule has 1 nitrogen and oxygen atoms in total. The molecule has 0 radical (unpaired) electrons. The first-order chi connectivity index (χ1) is 10.9. The van der Waals surface area contributed by atoms with Crippen molar-refractivity contribution in [3.63, 3.8) is 0 Å². The Morgan fingerprint density at radius 2 is 0.957 bits per heavy atom. The standard InChI is InChI=1S/2C5H10.C4H8O.2C4H10/c1-2-5-3-4-5;2*1-2-4-5-3-1;2*1-4(2)3/h5H,2-4H2,1H3;1-5H2;1-4H2;2*4H,1-3H3. The summed E-state index contributed by atoms with van der Waals surface area (Å²) in [4.78, 5) is 0. The molecule has 0 spiro atoms. The minimum atomic E-state index is 0.833. The van der Waals surface area contributed by atoms with Gasteiger partial charge in [0.05, 0.1) is 0 Å². The lowest BCUT2D eigenvalue weighted by molar-refractivity contribution is 0.198.